The zero-order valence-corrected chi connectivity index (χ0v) is 19.3. The summed E-state index contributed by atoms with van der Waals surface area (Å²) < 4.78 is 8.10. The van der Waals surface area contributed by atoms with Crippen LogP contribution in [0.4, 0.5) is 5.69 Å². The predicted octanol–water partition coefficient (Wildman–Crippen LogP) is 1.06. The summed E-state index contributed by atoms with van der Waals surface area (Å²) in [6, 6.07) is 9.51. The Morgan fingerprint density at radius 3 is 2.78 bits per heavy atom. The lowest BCUT2D eigenvalue weighted by atomic mass is 10.3. The average Bonchev–Trinajstić information content (AvgIpc) is 3.41. The molecule has 3 rings (SSSR count). The second-order valence-electron chi connectivity index (χ2n) is 7.38. The van der Waals surface area contributed by atoms with Crippen LogP contribution < -0.4 is 30.1 Å². The molecule has 170 valence electrons. The van der Waals surface area contributed by atoms with Gasteiger partial charge in [0.1, 0.15) is 27.6 Å². The van der Waals surface area contributed by atoms with Crippen molar-refractivity contribution in [3.8, 4) is 11.8 Å². The fourth-order valence-electron chi connectivity index (χ4n) is 3.56. The standard InChI is InChI=1S/C23H29N5O3S/c1-3-25-21(29)19(15-24)23-28(4-2)22(30)20(32-23)16-26-17-8-7-9-18(14-17)31-13-12-27-10-5-6-11-27/h7-9,14,16,26H,3-6,10-13H2,1-2H3,(H,25,29). The van der Waals surface area contributed by atoms with Crippen LogP contribution in [0.5, 0.6) is 5.75 Å². The molecule has 1 amide bonds. The van der Waals surface area contributed by atoms with Crippen LogP contribution >= 0.6 is 11.3 Å². The molecule has 0 saturated carbocycles. The van der Waals surface area contributed by atoms with Gasteiger partial charge >= 0.3 is 0 Å². The summed E-state index contributed by atoms with van der Waals surface area (Å²) in [6.07, 6.45) is 4.13. The van der Waals surface area contributed by atoms with Gasteiger partial charge in [-0.2, -0.15) is 5.26 Å². The molecule has 1 aromatic carbocycles. The third kappa shape index (κ3) is 5.78. The molecule has 1 aromatic heterocycles. The quantitative estimate of drug-likeness (QED) is 0.587. The summed E-state index contributed by atoms with van der Waals surface area (Å²) in [7, 11) is 0. The molecule has 8 nitrogen and oxygen atoms in total. The van der Waals surface area contributed by atoms with Crippen molar-refractivity contribution in [1.82, 2.24) is 14.8 Å². The van der Waals surface area contributed by atoms with Gasteiger partial charge in [0.2, 0.25) is 0 Å². The summed E-state index contributed by atoms with van der Waals surface area (Å²) in [5.74, 6) is 0.286. The minimum Gasteiger partial charge on any atom is -0.492 e. The van der Waals surface area contributed by atoms with Gasteiger partial charge in [-0.1, -0.05) is 6.07 Å². The molecule has 1 fully saturated rings. The number of hydrogen-bond acceptors (Lipinski definition) is 7. The van der Waals surface area contributed by atoms with E-state index in [-0.39, 0.29) is 11.1 Å². The van der Waals surface area contributed by atoms with E-state index in [1.165, 1.54) is 17.4 Å². The van der Waals surface area contributed by atoms with Crippen LogP contribution in [0, 0.1) is 11.3 Å². The Kier molecular flexibility index (Phi) is 8.48. The van der Waals surface area contributed by atoms with Gasteiger partial charge in [-0.15, -0.1) is 11.3 Å². The Morgan fingerprint density at radius 2 is 2.09 bits per heavy atom. The fraction of sp³-hybridized carbons (Fsp3) is 0.435. The number of hydrogen-bond donors (Lipinski definition) is 2. The van der Waals surface area contributed by atoms with E-state index in [9.17, 15) is 14.9 Å². The Labute approximate surface area is 191 Å². The number of nitrogens with one attached hydrogen (secondary N) is 2. The van der Waals surface area contributed by atoms with Gasteiger partial charge in [-0.25, -0.2) is 0 Å². The van der Waals surface area contributed by atoms with Crippen molar-refractivity contribution >= 4 is 34.7 Å². The summed E-state index contributed by atoms with van der Waals surface area (Å²) in [6.45, 7) is 8.20. The number of aromatic nitrogens is 1. The number of ether oxygens (including phenoxy) is 1. The van der Waals surface area contributed by atoms with Gasteiger partial charge in [-0.3, -0.25) is 19.1 Å². The van der Waals surface area contributed by atoms with E-state index in [1.807, 2.05) is 37.3 Å². The molecule has 2 heterocycles. The van der Waals surface area contributed by atoms with Crippen LogP contribution in [0.25, 0.3) is 11.8 Å². The lowest BCUT2D eigenvalue weighted by Gasteiger charge is -2.15. The largest absolute Gasteiger partial charge is 0.492 e. The molecule has 1 aliphatic heterocycles. The number of benzene rings is 1. The Hall–Kier alpha value is -3.09. The molecule has 0 atom stereocenters. The first-order chi connectivity index (χ1) is 15.6. The second kappa shape index (κ2) is 11.5. The highest BCUT2D eigenvalue weighted by Gasteiger charge is 2.14. The minimum absolute atomic E-state index is 0.0520. The molecule has 0 radical (unpaired) electrons. The topological polar surface area (TPSA) is 99.4 Å². The Morgan fingerprint density at radius 1 is 1.31 bits per heavy atom. The van der Waals surface area contributed by atoms with Gasteiger partial charge in [0.25, 0.3) is 11.5 Å². The number of likely N-dealkylation sites (tertiary alicyclic amines) is 1. The van der Waals surface area contributed by atoms with Crippen molar-refractivity contribution in [2.45, 2.75) is 33.2 Å². The summed E-state index contributed by atoms with van der Waals surface area (Å²) in [5.41, 5.74) is 0.494. The maximum atomic E-state index is 12.8. The van der Waals surface area contributed by atoms with Gasteiger partial charge < -0.3 is 15.4 Å². The molecule has 1 saturated heterocycles. The molecule has 32 heavy (non-hydrogen) atoms. The number of nitrogens with zero attached hydrogens (tertiary/aromatic N) is 3. The molecular weight excluding hydrogens is 426 g/mol. The van der Waals surface area contributed by atoms with Crippen molar-refractivity contribution in [2.24, 2.45) is 0 Å². The van der Waals surface area contributed by atoms with Gasteiger partial charge in [0.15, 0.2) is 5.57 Å². The smallest absolute Gasteiger partial charge is 0.270 e. The monoisotopic (exact) mass is 455 g/mol. The molecule has 0 unspecified atom stereocenters. The number of nitriles is 1. The highest BCUT2D eigenvalue weighted by atomic mass is 32.1. The van der Waals surface area contributed by atoms with E-state index >= 15 is 0 Å². The van der Waals surface area contributed by atoms with Crippen molar-refractivity contribution in [3.05, 3.63) is 43.8 Å². The van der Waals surface area contributed by atoms with E-state index in [1.54, 1.807) is 13.1 Å². The molecule has 9 heteroatoms. The van der Waals surface area contributed by atoms with Crippen molar-refractivity contribution in [1.29, 1.82) is 5.26 Å². The lowest BCUT2D eigenvalue weighted by molar-refractivity contribution is -0.115. The van der Waals surface area contributed by atoms with Gasteiger partial charge in [-0.05, 0) is 51.9 Å². The zero-order chi connectivity index (χ0) is 22.9. The van der Waals surface area contributed by atoms with Gasteiger partial charge in [0, 0.05) is 37.6 Å². The van der Waals surface area contributed by atoms with Crippen molar-refractivity contribution < 1.29 is 9.53 Å². The number of carbonyl (C=O) groups excluding carboxylic acids is 1. The highest BCUT2D eigenvalue weighted by Crippen LogP contribution is 2.17. The van der Waals surface area contributed by atoms with E-state index < -0.39 is 5.91 Å². The summed E-state index contributed by atoms with van der Waals surface area (Å²) in [5, 5.41) is 15.2. The van der Waals surface area contributed by atoms with E-state index in [0.29, 0.717) is 28.9 Å². The lowest BCUT2D eigenvalue weighted by Crippen LogP contribution is -2.34. The third-order valence-electron chi connectivity index (χ3n) is 5.19. The normalized spacial score (nSPS) is 15.3. The van der Waals surface area contributed by atoms with Crippen LogP contribution in [0.2, 0.25) is 0 Å². The average molecular weight is 456 g/mol. The number of amides is 1. The fourth-order valence-corrected chi connectivity index (χ4v) is 4.65. The maximum Gasteiger partial charge on any atom is 0.270 e. The van der Waals surface area contributed by atoms with E-state index in [2.05, 4.69) is 15.5 Å². The number of carbonyl (C=O) groups is 1. The second-order valence-corrected chi connectivity index (χ2v) is 8.41. The van der Waals surface area contributed by atoms with Crippen molar-refractivity contribution in [2.75, 3.05) is 38.1 Å². The Balaban J connectivity index is 1.79. The first kappa shape index (κ1) is 23.6. The Bertz CT molecular complexity index is 1160. The molecule has 0 aliphatic carbocycles. The summed E-state index contributed by atoms with van der Waals surface area (Å²) >= 11 is 1.12. The molecule has 0 bridgehead atoms. The molecule has 1 aliphatic rings. The summed E-state index contributed by atoms with van der Waals surface area (Å²) in [4.78, 5) is 27.4. The maximum absolute atomic E-state index is 12.8. The first-order valence-corrected chi connectivity index (χ1v) is 11.7. The SMILES string of the molecule is CCNC(=O)C(C#N)=c1sc(=CNc2cccc(OCCN3CCCC3)c2)c(=O)n1CC. The third-order valence-corrected chi connectivity index (χ3v) is 6.32. The number of anilines is 1. The molecular formula is C23H29N5O3S. The number of rotatable bonds is 9. The van der Waals surface area contributed by atoms with Crippen LogP contribution in [0.15, 0.2) is 29.1 Å². The van der Waals surface area contributed by atoms with Crippen molar-refractivity contribution in [3.63, 3.8) is 0 Å². The molecule has 2 aromatic rings. The molecule has 0 spiro atoms. The van der Waals surface area contributed by atoms with E-state index in [4.69, 9.17) is 4.74 Å². The molecule has 2 N–H and O–H groups in total. The zero-order valence-electron chi connectivity index (χ0n) is 18.5. The predicted molar refractivity (Wildman–Crippen MR) is 127 cm³/mol. The van der Waals surface area contributed by atoms with Crippen LogP contribution in [0.3, 0.4) is 0 Å². The van der Waals surface area contributed by atoms with Crippen LogP contribution in [-0.2, 0) is 11.3 Å². The first-order valence-electron chi connectivity index (χ1n) is 10.9. The van der Waals surface area contributed by atoms with Gasteiger partial charge in [0.05, 0.1) is 0 Å². The van der Waals surface area contributed by atoms with Crippen LogP contribution in [-0.4, -0.2) is 48.2 Å². The number of thiazole rings is 1. The van der Waals surface area contributed by atoms with Crippen LogP contribution in [0.1, 0.15) is 26.7 Å². The van der Waals surface area contributed by atoms with E-state index in [0.717, 1.165) is 42.4 Å². The minimum atomic E-state index is -0.475. The highest BCUT2D eigenvalue weighted by molar-refractivity contribution is 7.07.